The van der Waals surface area contributed by atoms with Crippen molar-refractivity contribution in [1.29, 1.82) is 0 Å². The molecule has 6 N–H and O–H groups in total. The maximum atomic E-state index is 12.8. The maximum absolute atomic E-state index is 12.8. The Bertz CT molecular complexity index is 1040. The molecule has 1 aliphatic rings. The van der Waals surface area contributed by atoms with Crippen molar-refractivity contribution in [3.63, 3.8) is 0 Å². The first kappa shape index (κ1) is 26.3. The Morgan fingerprint density at radius 2 is 1.79 bits per heavy atom. The summed E-state index contributed by atoms with van der Waals surface area (Å²) >= 11 is 0. The van der Waals surface area contributed by atoms with Gasteiger partial charge in [0, 0.05) is 24.1 Å². The summed E-state index contributed by atoms with van der Waals surface area (Å²) in [5.74, 6) is 0.814. The van der Waals surface area contributed by atoms with Gasteiger partial charge in [-0.05, 0) is 13.8 Å². The number of hydrogen-bond donors (Lipinski definition) is 6. The van der Waals surface area contributed by atoms with Crippen LogP contribution in [0, 0.1) is 0 Å². The van der Waals surface area contributed by atoms with Gasteiger partial charge in [0.25, 0.3) is 0 Å². The molecule has 5 atom stereocenters. The van der Waals surface area contributed by atoms with Crippen molar-refractivity contribution >= 4 is 11.0 Å². The Hall–Kier alpha value is -2.29. The van der Waals surface area contributed by atoms with Gasteiger partial charge in [-0.15, -0.1) is 0 Å². The first-order chi connectivity index (χ1) is 16.0. The smallest absolute Gasteiger partial charge is 0.196 e. The van der Waals surface area contributed by atoms with Gasteiger partial charge >= 0.3 is 0 Å². The standard InChI is InChI=1S/C22H30O12/c1-22(2,29)17-5-11-15(34-17)6-16-18(21(11)30-3)12(24)4-10(33-16)8-31-32-9-14(26)20(28)19(27)13(25)7-23/h4,6,13-14,17,19-20,23,25-29H,5,7-9H2,1-3H3/t13-,14+,17-,19-,20-/m1/s1. The van der Waals surface area contributed by atoms with E-state index in [-0.39, 0.29) is 23.3 Å². The van der Waals surface area contributed by atoms with Gasteiger partial charge in [0.05, 0.1) is 19.3 Å². The Balaban J connectivity index is 1.70. The molecule has 190 valence electrons. The first-order valence-electron chi connectivity index (χ1n) is 10.6. The number of benzene rings is 1. The molecule has 0 saturated heterocycles. The fraction of sp³-hybridized carbons (Fsp3) is 0.591. The van der Waals surface area contributed by atoms with E-state index >= 15 is 0 Å². The molecule has 0 fully saturated rings. The van der Waals surface area contributed by atoms with E-state index in [4.69, 9.17) is 28.8 Å². The lowest BCUT2D eigenvalue weighted by molar-refractivity contribution is -0.321. The Morgan fingerprint density at radius 1 is 1.12 bits per heavy atom. The molecule has 34 heavy (non-hydrogen) atoms. The van der Waals surface area contributed by atoms with Crippen LogP contribution in [0.1, 0.15) is 25.2 Å². The van der Waals surface area contributed by atoms with Crippen LogP contribution in [-0.2, 0) is 22.8 Å². The molecule has 0 aliphatic carbocycles. The minimum Gasteiger partial charge on any atom is -0.495 e. The number of fused-ring (bicyclic) bond motifs is 2. The lowest BCUT2D eigenvalue weighted by atomic mass is 9.96. The average Bonchev–Trinajstić information content (AvgIpc) is 3.23. The maximum Gasteiger partial charge on any atom is 0.196 e. The van der Waals surface area contributed by atoms with E-state index in [2.05, 4.69) is 0 Å². The van der Waals surface area contributed by atoms with Crippen LogP contribution in [0.4, 0.5) is 0 Å². The molecule has 0 amide bonds. The third kappa shape index (κ3) is 5.50. The highest BCUT2D eigenvalue weighted by Crippen LogP contribution is 2.42. The van der Waals surface area contributed by atoms with Gasteiger partial charge in [0.1, 0.15) is 72.0 Å². The summed E-state index contributed by atoms with van der Waals surface area (Å²) in [7, 11) is 1.42. The zero-order valence-corrected chi connectivity index (χ0v) is 19.0. The van der Waals surface area contributed by atoms with E-state index in [9.17, 15) is 30.3 Å². The monoisotopic (exact) mass is 486 g/mol. The van der Waals surface area contributed by atoms with E-state index in [0.29, 0.717) is 23.5 Å². The summed E-state index contributed by atoms with van der Waals surface area (Å²) in [4.78, 5) is 22.5. The molecule has 1 aromatic heterocycles. The van der Waals surface area contributed by atoms with Crippen LogP contribution in [0.25, 0.3) is 11.0 Å². The average molecular weight is 486 g/mol. The fourth-order valence-electron chi connectivity index (χ4n) is 3.60. The van der Waals surface area contributed by atoms with Crippen LogP contribution >= 0.6 is 0 Å². The molecule has 1 aliphatic heterocycles. The second kappa shape index (κ2) is 10.5. The molecule has 3 rings (SSSR count). The highest BCUT2D eigenvalue weighted by molar-refractivity contribution is 5.87. The van der Waals surface area contributed by atoms with Crippen molar-refractivity contribution in [3.8, 4) is 11.5 Å². The van der Waals surface area contributed by atoms with Crippen LogP contribution < -0.4 is 14.9 Å². The van der Waals surface area contributed by atoms with Crippen LogP contribution in [0.5, 0.6) is 11.5 Å². The van der Waals surface area contributed by atoms with Crippen molar-refractivity contribution < 1.29 is 54.3 Å². The third-order valence-corrected chi connectivity index (χ3v) is 5.59. The van der Waals surface area contributed by atoms with Crippen LogP contribution in [0.15, 0.2) is 21.3 Å². The zero-order valence-electron chi connectivity index (χ0n) is 19.0. The molecular formula is C22H30O12. The Kier molecular flexibility index (Phi) is 8.16. The topological polar surface area (TPSA) is 189 Å². The minimum absolute atomic E-state index is 0.0855. The number of hydrogen-bond acceptors (Lipinski definition) is 12. The summed E-state index contributed by atoms with van der Waals surface area (Å²) in [6.07, 6.45) is -7.04. The third-order valence-electron chi connectivity index (χ3n) is 5.59. The summed E-state index contributed by atoms with van der Waals surface area (Å²) < 4.78 is 17.0. The normalized spacial score (nSPS) is 19.4. The quantitative estimate of drug-likeness (QED) is 0.126. The molecular weight excluding hydrogens is 456 g/mol. The lowest BCUT2D eigenvalue weighted by Crippen LogP contribution is -2.47. The zero-order chi connectivity index (χ0) is 25.2. The lowest BCUT2D eigenvalue weighted by Gasteiger charge is -2.25. The van der Waals surface area contributed by atoms with E-state index < -0.39 is 54.8 Å². The Morgan fingerprint density at radius 3 is 2.41 bits per heavy atom. The van der Waals surface area contributed by atoms with Crippen LogP contribution in [0.3, 0.4) is 0 Å². The van der Waals surface area contributed by atoms with Crippen molar-refractivity contribution in [2.45, 2.75) is 63.0 Å². The molecule has 12 nitrogen and oxygen atoms in total. The summed E-state index contributed by atoms with van der Waals surface area (Å²) in [5, 5.41) is 57.8. The van der Waals surface area contributed by atoms with Gasteiger partial charge in [-0.3, -0.25) is 4.79 Å². The van der Waals surface area contributed by atoms with E-state index in [1.54, 1.807) is 19.9 Å². The summed E-state index contributed by atoms with van der Waals surface area (Å²) in [6, 6.07) is 2.73. The molecule has 0 bridgehead atoms. The van der Waals surface area contributed by atoms with Gasteiger partial charge in [-0.1, -0.05) is 0 Å². The van der Waals surface area contributed by atoms with Gasteiger partial charge < -0.3 is 44.5 Å². The number of rotatable bonds is 11. The molecule has 0 saturated carbocycles. The molecule has 2 aromatic rings. The van der Waals surface area contributed by atoms with Crippen molar-refractivity contribution in [2.24, 2.45) is 0 Å². The van der Waals surface area contributed by atoms with Crippen molar-refractivity contribution in [3.05, 3.63) is 33.7 Å². The predicted octanol–water partition coefficient (Wildman–Crippen LogP) is -1.24. The van der Waals surface area contributed by atoms with Crippen LogP contribution in [-0.4, -0.2) is 87.1 Å². The Labute approximate surface area is 194 Å². The second-order valence-electron chi connectivity index (χ2n) is 8.65. The molecule has 0 unspecified atom stereocenters. The van der Waals surface area contributed by atoms with Gasteiger partial charge in [0.2, 0.25) is 0 Å². The first-order valence-corrected chi connectivity index (χ1v) is 10.6. The molecule has 0 spiro atoms. The fourth-order valence-corrected chi connectivity index (χ4v) is 3.60. The molecule has 1 aromatic carbocycles. The number of methoxy groups -OCH3 is 1. The largest absolute Gasteiger partial charge is 0.495 e. The number of aliphatic hydroxyl groups excluding tert-OH is 5. The highest BCUT2D eigenvalue weighted by atomic mass is 17.2. The van der Waals surface area contributed by atoms with Crippen molar-refractivity contribution in [2.75, 3.05) is 20.3 Å². The van der Waals surface area contributed by atoms with Gasteiger partial charge in [-0.25, -0.2) is 9.78 Å². The van der Waals surface area contributed by atoms with Crippen molar-refractivity contribution in [1.82, 2.24) is 0 Å². The van der Waals surface area contributed by atoms with E-state index in [1.165, 1.54) is 13.2 Å². The predicted molar refractivity (Wildman–Crippen MR) is 115 cm³/mol. The number of ether oxygens (including phenoxy) is 2. The van der Waals surface area contributed by atoms with E-state index in [0.717, 1.165) is 0 Å². The van der Waals surface area contributed by atoms with Crippen LogP contribution in [0.2, 0.25) is 0 Å². The number of aliphatic hydroxyl groups is 6. The molecule has 2 heterocycles. The summed E-state index contributed by atoms with van der Waals surface area (Å²) in [5.41, 5.74) is -0.686. The van der Waals surface area contributed by atoms with Gasteiger partial charge in [-0.2, -0.15) is 0 Å². The molecule has 0 radical (unpaired) electrons. The van der Waals surface area contributed by atoms with E-state index in [1.807, 2.05) is 0 Å². The summed E-state index contributed by atoms with van der Waals surface area (Å²) in [6.45, 7) is 1.53. The van der Waals surface area contributed by atoms with Gasteiger partial charge in [0.15, 0.2) is 5.43 Å². The SMILES string of the molecule is COc1c2c(cc3oc(COOC[C@H](O)[C@@H](O)[C@H](O)[C@H](O)CO)cc(=O)c13)O[C@@H](C(C)(C)O)C2. The second-order valence-corrected chi connectivity index (χ2v) is 8.65. The molecule has 12 heteroatoms. The minimum atomic E-state index is -1.80. The highest BCUT2D eigenvalue weighted by Gasteiger charge is 2.38.